The van der Waals surface area contributed by atoms with Crippen LogP contribution in [0.2, 0.25) is 0 Å². The van der Waals surface area contributed by atoms with Gasteiger partial charge in [0, 0.05) is 26.2 Å². The molecule has 2 N–H and O–H groups in total. The van der Waals surface area contributed by atoms with Crippen LogP contribution in [0.25, 0.3) is 0 Å². The number of piperazine rings is 1. The monoisotopic (exact) mass is 299 g/mol. The molecule has 0 aromatic carbocycles. The second-order valence-electron chi connectivity index (χ2n) is 5.86. The zero-order valence-electron chi connectivity index (χ0n) is 12.1. The lowest BCUT2D eigenvalue weighted by Crippen LogP contribution is -2.49. The Morgan fingerprint density at radius 1 is 1.30 bits per heavy atom. The highest BCUT2D eigenvalue weighted by Crippen LogP contribution is 2.12. The number of H-pyrrole nitrogens is 2. The lowest BCUT2D eigenvalue weighted by atomic mass is 10.2. The van der Waals surface area contributed by atoms with Crippen molar-refractivity contribution in [2.24, 2.45) is 0 Å². The Balaban J connectivity index is 1.80. The summed E-state index contributed by atoms with van der Waals surface area (Å²) in [6, 6.07) is 0. The van der Waals surface area contributed by atoms with E-state index >= 15 is 0 Å². The van der Waals surface area contributed by atoms with E-state index < -0.39 is 5.60 Å². The van der Waals surface area contributed by atoms with Crippen LogP contribution in [0.15, 0.2) is 0 Å². The number of nitrogens with zero attached hydrogens (tertiary/aromatic N) is 3. The third kappa shape index (κ3) is 4.31. The minimum Gasteiger partial charge on any atom is -0.444 e. The van der Waals surface area contributed by atoms with E-state index in [0.717, 1.165) is 18.9 Å². The van der Waals surface area contributed by atoms with E-state index in [1.807, 2.05) is 20.8 Å². The summed E-state index contributed by atoms with van der Waals surface area (Å²) < 4.78 is 5.83. The molecule has 2 rings (SSSR count). The molecule has 1 saturated heterocycles. The number of amides is 1. The number of hydrogen-bond acceptors (Lipinski definition) is 5. The number of carbonyl (C=O) groups excluding carboxylic acids is 1. The van der Waals surface area contributed by atoms with Crippen LogP contribution in [0.4, 0.5) is 4.79 Å². The summed E-state index contributed by atoms with van der Waals surface area (Å²) in [4.78, 5) is 20.1. The first-order valence-electron chi connectivity index (χ1n) is 6.67. The molecule has 0 atom stereocenters. The molecule has 0 saturated carbocycles. The molecule has 1 aromatic heterocycles. The third-order valence-corrected chi connectivity index (χ3v) is 3.14. The summed E-state index contributed by atoms with van der Waals surface area (Å²) >= 11 is 4.92. The Morgan fingerprint density at radius 3 is 2.45 bits per heavy atom. The van der Waals surface area contributed by atoms with Crippen LogP contribution in [-0.2, 0) is 11.3 Å². The Morgan fingerprint density at radius 2 is 1.95 bits per heavy atom. The minimum absolute atomic E-state index is 0.240. The van der Waals surface area contributed by atoms with Gasteiger partial charge in [0.1, 0.15) is 11.4 Å². The van der Waals surface area contributed by atoms with Gasteiger partial charge in [-0.15, -0.1) is 0 Å². The first kappa shape index (κ1) is 15.0. The Labute approximate surface area is 123 Å². The lowest BCUT2D eigenvalue weighted by Gasteiger charge is -2.35. The zero-order valence-corrected chi connectivity index (χ0v) is 12.9. The third-order valence-electron chi connectivity index (χ3n) is 2.95. The fraction of sp³-hybridized carbons (Fsp3) is 0.750. The molecule has 8 heteroatoms. The maximum atomic E-state index is 11.9. The summed E-state index contributed by atoms with van der Waals surface area (Å²) in [5.41, 5.74) is -0.446. The highest BCUT2D eigenvalue weighted by atomic mass is 32.1. The van der Waals surface area contributed by atoms with E-state index in [1.165, 1.54) is 0 Å². The quantitative estimate of drug-likeness (QED) is 0.810. The summed E-state index contributed by atoms with van der Waals surface area (Å²) in [5, 5.41) is 5.71. The van der Waals surface area contributed by atoms with Crippen LogP contribution in [0.5, 0.6) is 0 Å². The highest BCUT2D eigenvalue weighted by molar-refractivity contribution is 7.71. The van der Waals surface area contributed by atoms with Crippen molar-refractivity contribution in [1.82, 2.24) is 25.0 Å². The average molecular weight is 299 g/mol. The van der Waals surface area contributed by atoms with E-state index in [9.17, 15) is 4.79 Å². The van der Waals surface area contributed by atoms with Crippen LogP contribution in [0.3, 0.4) is 0 Å². The van der Waals surface area contributed by atoms with E-state index in [1.54, 1.807) is 4.90 Å². The second-order valence-corrected chi connectivity index (χ2v) is 6.24. The van der Waals surface area contributed by atoms with Gasteiger partial charge in [0.15, 0.2) is 0 Å². The van der Waals surface area contributed by atoms with Crippen LogP contribution in [-0.4, -0.2) is 62.9 Å². The highest BCUT2D eigenvalue weighted by Gasteiger charge is 2.25. The van der Waals surface area contributed by atoms with Crippen LogP contribution in [0, 0.1) is 4.77 Å². The van der Waals surface area contributed by atoms with Gasteiger partial charge < -0.3 is 9.64 Å². The molecule has 7 nitrogen and oxygen atoms in total. The molecule has 1 aliphatic rings. The Bertz CT molecular complexity index is 510. The number of carbonyl (C=O) groups is 1. The van der Waals surface area contributed by atoms with E-state index in [-0.39, 0.29) is 6.09 Å². The number of nitrogens with one attached hydrogen (secondary N) is 2. The number of ether oxygens (including phenoxy) is 1. The van der Waals surface area contributed by atoms with E-state index in [2.05, 4.69) is 20.1 Å². The first-order valence-corrected chi connectivity index (χ1v) is 7.08. The molecule has 112 valence electrons. The number of rotatable bonds is 2. The molecule has 0 aliphatic carbocycles. The van der Waals surface area contributed by atoms with Gasteiger partial charge >= 0.3 is 6.09 Å². The first-order chi connectivity index (χ1) is 9.33. The van der Waals surface area contributed by atoms with Crippen LogP contribution >= 0.6 is 12.2 Å². The second kappa shape index (κ2) is 5.92. The SMILES string of the molecule is CC(C)(C)OC(=O)N1CCN(Cc2nc(=S)[nH][nH]2)CC1. The normalized spacial score (nSPS) is 17.2. The Kier molecular flexibility index (Phi) is 4.44. The molecular weight excluding hydrogens is 278 g/mol. The molecule has 2 heterocycles. The maximum absolute atomic E-state index is 11.9. The largest absolute Gasteiger partial charge is 0.444 e. The fourth-order valence-electron chi connectivity index (χ4n) is 2.01. The summed E-state index contributed by atoms with van der Waals surface area (Å²) in [6.45, 7) is 9.26. The summed E-state index contributed by atoms with van der Waals surface area (Å²) in [6.07, 6.45) is -0.240. The van der Waals surface area contributed by atoms with Crippen molar-refractivity contribution >= 4 is 18.3 Å². The van der Waals surface area contributed by atoms with Crippen molar-refractivity contribution in [3.63, 3.8) is 0 Å². The lowest BCUT2D eigenvalue weighted by molar-refractivity contribution is 0.0137. The number of hydrogen-bond donors (Lipinski definition) is 2. The molecule has 0 bridgehead atoms. The molecular formula is C12H21N5O2S. The van der Waals surface area contributed by atoms with E-state index in [0.29, 0.717) is 24.4 Å². The van der Waals surface area contributed by atoms with Gasteiger partial charge in [-0.05, 0) is 33.0 Å². The molecule has 0 spiro atoms. The zero-order chi connectivity index (χ0) is 14.8. The van der Waals surface area contributed by atoms with Crippen molar-refractivity contribution in [1.29, 1.82) is 0 Å². The maximum Gasteiger partial charge on any atom is 0.410 e. The van der Waals surface area contributed by atoms with Crippen molar-refractivity contribution in [3.05, 3.63) is 10.6 Å². The molecule has 20 heavy (non-hydrogen) atoms. The van der Waals surface area contributed by atoms with Gasteiger partial charge in [-0.1, -0.05) is 0 Å². The summed E-state index contributed by atoms with van der Waals surface area (Å²) in [5.74, 6) is 0.820. The van der Waals surface area contributed by atoms with E-state index in [4.69, 9.17) is 17.0 Å². The van der Waals surface area contributed by atoms with Crippen molar-refractivity contribution in [2.45, 2.75) is 32.9 Å². The van der Waals surface area contributed by atoms with Gasteiger partial charge in [0.25, 0.3) is 0 Å². The predicted octanol–water partition coefficient (Wildman–Crippen LogP) is 1.52. The molecule has 1 aliphatic heterocycles. The molecule has 1 amide bonds. The van der Waals surface area contributed by atoms with Crippen molar-refractivity contribution in [3.8, 4) is 0 Å². The van der Waals surface area contributed by atoms with Crippen LogP contribution in [0.1, 0.15) is 26.6 Å². The molecule has 1 fully saturated rings. The topological polar surface area (TPSA) is 77.2 Å². The van der Waals surface area contributed by atoms with Crippen LogP contribution < -0.4 is 0 Å². The van der Waals surface area contributed by atoms with Crippen molar-refractivity contribution in [2.75, 3.05) is 26.2 Å². The predicted molar refractivity (Wildman–Crippen MR) is 76.9 cm³/mol. The van der Waals surface area contributed by atoms with Gasteiger partial charge in [0.2, 0.25) is 4.77 Å². The van der Waals surface area contributed by atoms with Crippen molar-refractivity contribution < 1.29 is 9.53 Å². The summed E-state index contributed by atoms with van der Waals surface area (Å²) in [7, 11) is 0. The number of aromatic nitrogens is 3. The number of aromatic amines is 2. The standard InChI is InChI=1S/C12H21N5O2S/c1-12(2,3)19-11(18)17-6-4-16(5-7-17)8-9-13-10(20)15-14-9/h4-8H2,1-3H3,(H2,13,14,15,20). The average Bonchev–Trinajstić information content (AvgIpc) is 2.73. The smallest absolute Gasteiger partial charge is 0.410 e. The Hall–Kier alpha value is -1.41. The van der Waals surface area contributed by atoms with Gasteiger partial charge in [-0.2, -0.15) is 0 Å². The fourth-order valence-corrected chi connectivity index (χ4v) is 2.17. The van der Waals surface area contributed by atoms with Gasteiger partial charge in [0.05, 0.1) is 6.54 Å². The molecule has 0 radical (unpaired) electrons. The minimum atomic E-state index is -0.446. The van der Waals surface area contributed by atoms with Gasteiger partial charge in [-0.3, -0.25) is 15.1 Å². The molecule has 0 unspecified atom stereocenters. The molecule has 1 aromatic rings. The van der Waals surface area contributed by atoms with Gasteiger partial charge in [-0.25, -0.2) is 9.78 Å².